The molecule has 2 aromatic heterocycles. The number of hydrogen-bond acceptors (Lipinski definition) is 8. The van der Waals surface area contributed by atoms with Gasteiger partial charge < -0.3 is 14.4 Å². The SMILES string of the molecule is COCCCc1cc(NC(=O)N2CCCc3cc(CN(C=O)C[C@@H]4CCCO4)c(C=O)nc32)ncc1C#N. The molecule has 2 aliphatic rings. The number of amides is 3. The predicted octanol–water partition coefficient (Wildman–Crippen LogP) is 2.86. The number of nitriles is 1. The van der Waals surface area contributed by atoms with Crippen LogP contribution in [0.1, 0.15) is 58.4 Å². The normalized spacial score (nSPS) is 16.4. The van der Waals surface area contributed by atoms with Crippen LogP contribution >= 0.6 is 0 Å². The number of aryl methyl sites for hydroxylation is 2. The van der Waals surface area contributed by atoms with E-state index in [0.29, 0.717) is 68.2 Å². The van der Waals surface area contributed by atoms with E-state index in [2.05, 4.69) is 21.4 Å². The Balaban J connectivity index is 1.51. The first-order valence-electron chi connectivity index (χ1n) is 12.8. The molecule has 1 saturated heterocycles. The zero-order valence-corrected chi connectivity index (χ0v) is 21.5. The van der Waals surface area contributed by atoms with Crippen LogP contribution in [0.3, 0.4) is 0 Å². The lowest BCUT2D eigenvalue weighted by atomic mass is 10.0. The van der Waals surface area contributed by atoms with Crippen LogP contribution in [0.15, 0.2) is 18.3 Å². The number of ether oxygens (including phenoxy) is 2. The highest BCUT2D eigenvalue weighted by Crippen LogP contribution is 2.28. The summed E-state index contributed by atoms with van der Waals surface area (Å²) in [5.41, 5.74) is 2.90. The van der Waals surface area contributed by atoms with Crippen LogP contribution in [0.5, 0.6) is 0 Å². The van der Waals surface area contributed by atoms with Gasteiger partial charge in [-0.15, -0.1) is 0 Å². The topological polar surface area (TPSA) is 138 Å². The number of carbonyl (C=O) groups excluding carboxylic acids is 3. The largest absolute Gasteiger partial charge is 0.385 e. The third-order valence-corrected chi connectivity index (χ3v) is 6.76. The number of methoxy groups -OCH3 is 1. The van der Waals surface area contributed by atoms with Crippen molar-refractivity contribution in [2.45, 2.75) is 51.2 Å². The highest BCUT2D eigenvalue weighted by molar-refractivity contribution is 6.01. The molecule has 0 bridgehead atoms. The molecule has 11 nitrogen and oxygen atoms in total. The number of aldehydes is 1. The van der Waals surface area contributed by atoms with Gasteiger partial charge in [0.25, 0.3) is 0 Å². The van der Waals surface area contributed by atoms with Crippen molar-refractivity contribution in [3.8, 4) is 6.07 Å². The van der Waals surface area contributed by atoms with Crippen molar-refractivity contribution in [1.82, 2.24) is 14.9 Å². The molecule has 3 amide bonds. The number of aromatic nitrogens is 2. The summed E-state index contributed by atoms with van der Waals surface area (Å²) < 4.78 is 10.7. The van der Waals surface area contributed by atoms with Gasteiger partial charge in [-0.1, -0.05) is 0 Å². The Morgan fingerprint density at radius 2 is 2.21 bits per heavy atom. The van der Waals surface area contributed by atoms with Crippen molar-refractivity contribution in [3.05, 3.63) is 46.3 Å². The quantitative estimate of drug-likeness (QED) is 0.353. The van der Waals surface area contributed by atoms with Crippen LogP contribution in [0.25, 0.3) is 0 Å². The summed E-state index contributed by atoms with van der Waals surface area (Å²) >= 11 is 0. The maximum Gasteiger partial charge on any atom is 0.328 e. The van der Waals surface area contributed by atoms with Crippen LogP contribution in [0.4, 0.5) is 16.4 Å². The molecule has 2 aromatic rings. The molecule has 0 unspecified atom stereocenters. The number of pyridine rings is 2. The van der Waals surface area contributed by atoms with Gasteiger partial charge in [0, 0.05) is 51.7 Å². The Morgan fingerprint density at radius 3 is 2.92 bits per heavy atom. The summed E-state index contributed by atoms with van der Waals surface area (Å²) in [6, 6.07) is 5.28. The lowest BCUT2D eigenvalue weighted by Gasteiger charge is -2.29. The van der Waals surface area contributed by atoms with E-state index in [-0.39, 0.29) is 18.3 Å². The molecule has 0 saturated carbocycles. The lowest BCUT2D eigenvalue weighted by molar-refractivity contribution is -0.120. The summed E-state index contributed by atoms with van der Waals surface area (Å²) in [6.45, 7) is 2.39. The van der Waals surface area contributed by atoms with Gasteiger partial charge in [-0.2, -0.15) is 5.26 Å². The molecule has 0 aliphatic carbocycles. The second-order valence-electron chi connectivity index (χ2n) is 9.42. The zero-order valence-electron chi connectivity index (χ0n) is 21.5. The number of hydrogen-bond donors (Lipinski definition) is 1. The Labute approximate surface area is 221 Å². The number of fused-ring (bicyclic) bond motifs is 1. The van der Waals surface area contributed by atoms with Crippen LogP contribution in [0, 0.1) is 11.3 Å². The van der Waals surface area contributed by atoms with E-state index in [1.807, 2.05) is 6.07 Å². The number of nitrogens with one attached hydrogen (secondary N) is 1. The maximum absolute atomic E-state index is 13.3. The van der Waals surface area contributed by atoms with E-state index in [1.54, 1.807) is 18.1 Å². The third kappa shape index (κ3) is 6.51. The molecule has 2 aliphatic heterocycles. The highest BCUT2D eigenvalue weighted by Gasteiger charge is 2.27. The number of anilines is 2. The van der Waals surface area contributed by atoms with Gasteiger partial charge in [0.05, 0.1) is 11.7 Å². The molecular formula is C27H32N6O5. The van der Waals surface area contributed by atoms with Crippen molar-refractivity contribution in [3.63, 3.8) is 0 Å². The Morgan fingerprint density at radius 1 is 1.34 bits per heavy atom. The molecule has 0 aromatic carbocycles. The van der Waals surface area contributed by atoms with E-state index in [0.717, 1.165) is 43.2 Å². The van der Waals surface area contributed by atoms with E-state index in [1.165, 1.54) is 11.1 Å². The summed E-state index contributed by atoms with van der Waals surface area (Å²) in [7, 11) is 1.62. The van der Waals surface area contributed by atoms with Crippen molar-refractivity contribution in [2.24, 2.45) is 0 Å². The lowest BCUT2D eigenvalue weighted by Crippen LogP contribution is -2.40. The Hall–Kier alpha value is -3.88. The molecule has 4 heterocycles. The second-order valence-corrected chi connectivity index (χ2v) is 9.42. The summed E-state index contributed by atoms with van der Waals surface area (Å²) in [4.78, 5) is 48.8. The van der Waals surface area contributed by atoms with Crippen molar-refractivity contribution >= 4 is 30.4 Å². The van der Waals surface area contributed by atoms with E-state index in [4.69, 9.17) is 9.47 Å². The maximum atomic E-state index is 13.3. The van der Waals surface area contributed by atoms with Gasteiger partial charge in [0.1, 0.15) is 23.4 Å². The number of rotatable bonds is 11. The first-order valence-corrected chi connectivity index (χ1v) is 12.8. The van der Waals surface area contributed by atoms with Gasteiger partial charge in [0.15, 0.2) is 6.29 Å². The van der Waals surface area contributed by atoms with Gasteiger partial charge in [-0.05, 0) is 61.8 Å². The molecule has 200 valence electrons. The first kappa shape index (κ1) is 27.2. The molecule has 1 N–H and O–H groups in total. The summed E-state index contributed by atoms with van der Waals surface area (Å²) in [5.74, 6) is 0.752. The molecule has 0 radical (unpaired) electrons. The van der Waals surface area contributed by atoms with Gasteiger partial charge in [0.2, 0.25) is 6.41 Å². The monoisotopic (exact) mass is 520 g/mol. The predicted molar refractivity (Wildman–Crippen MR) is 139 cm³/mol. The molecular weight excluding hydrogens is 488 g/mol. The minimum absolute atomic E-state index is 0.000911. The fraction of sp³-hybridized carbons (Fsp3) is 0.481. The van der Waals surface area contributed by atoms with Gasteiger partial charge >= 0.3 is 6.03 Å². The number of carbonyl (C=O) groups is 3. The minimum Gasteiger partial charge on any atom is -0.385 e. The van der Waals surface area contributed by atoms with Crippen LogP contribution in [0.2, 0.25) is 0 Å². The van der Waals surface area contributed by atoms with Crippen molar-refractivity contribution < 1.29 is 23.9 Å². The van der Waals surface area contributed by atoms with Gasteiger partial charge in [-0.3, -0.25) is 19.8 Å². The molecule has 38 heavy (non-hydrogen) atoms. The van der Waals surface area contributed by atoms with Crippen LogP contribution in [-0.2, 0) is 33.7 Å². The molecule has 11 heteroatoms. The van der Waals surface area contributed by atoms with E-state index in [9.17, 15) is 19.6 Å². The molecule has 1 atom stereocenters. The van der Waals surface area contributed by atoms with E-state index >= 15 is 0 Å². The number of urea groups is 1. The summed E-state index contributed by atoms with van der Waals surface area (Å²) in [5, 5.41) is 12.2. The standard InChI is InChI=1S/C27H32N6O5/c1-37-9-3-6-19-12-25(29-14-22(19)13-28)31-27(36)33-8-2-5-20-11-21(24(17-34)30-26(20)33)15-32(18-35)16-23-7-4-10-38-23/h11-12,14,17-18,23H,2-10,15-16H2,1H3,(H,29,31,36)/t23-/m0/s1. The van der Waals surface area contributed by atoms with Crippen LogP contribution < -0.4 is 10.2 Å². The minimum atomic E-state index is -0.420. The fourth-order valence-electron chi connectivity index (χ4n) is 4.85. The van der Waals surface area contributed by atoms with Gasteiger partial charge in [-0.25, -0.2) is 14.8 Å². The Bertz CT molecular complexity index is 1210. The van der Waals surface area contributed by atoms with Crippen molar-refractivity contribution in [1.29, 1.82) is 5.26 Å². The first-order chi connectivity index (χ1) is 18.6. The average Bonchev–Trinajstić information content (AvgIpc) is 3.45. The Kier molecular flexibility index (Phi) is 9.35. The molecule has 4 rings (SSSR count). The average molecular weight is 521 g/mol. The second kappa shape index (κ2) is 13.1. The fourth-order valence-corrected chi connectivity index (χ4v) is 4.85. The zero-order chi connectivity index (χ0) is 26.9. The van der Waals surface area contributed by atoms with E-state index < -0.39 is 6.03 Å². The van der Waals surface area contributed by atoms with Crippen LogP contribution in [-0.4, -0.2) is 73.1 Å². The third-order valence-electron chi connectivity index (χ3n) is 6.76. The smallest absolute Gasteiger partial charge is 0.328 e. The summed E-state index contributed by atoms with van der Waals surface area (Å²) in [6.07, 6.45) is 7.52. The number of nitrogens with zero attached hydrogens (tertiary/aromatic N) is 5. The highest BCUT2D eigenvalue weighted by atomic mass is 16.5. The molecule has 1 fully saturated rings. The van der Waals surface area contributed by atoms with Crippen molar-refractivity contribution in [2.75, 3.05) is 43.6 Å². The molecule has 0 spiro atoms.